The van der Waals surface area contributed by atoms with Gasteiger partial charge in [-0.1, -0.05) is 65.9 Å². The van der Waals surface area contributed by atoms with Gasteiger partial charge in [-0.25, -0.2) is 4.98 Å². The summed E-state index contributed by atoms with van der Waals surface area (Å²) in [6.45, 7) is 6.42. The van der Waals surface area contributed by atoms with Crippen LogP contribution in [0.15, 0.2) is 78.0 Å². The lowest BCUT2D eigenvalue weighted by molar-refractivity contribution is -0.133. The van der Waals surface area contributed by atoms with Crippen LogP contribution in [0.2, 0.25) is 0 Å². The molecule has 0 aliphatic carbocycles. The number of aryl methyl sites for hydroxylation is 1. The molecule has 232 valence electrons. The van der Waals surface area contributed by atoms with Gasteiger partial charge in [0.05, 0.1) is 12.6 Å². The third-order valence-corrected chi connectivity index (χ3v) is 9.28. The first-order valence-corrected chi connectivity index (χ1v) is 16.4. The molecule has 9 nitrogen and oxygen atoms in total. The molecule has 2 amide bonds. The highest BCUT2D eigenvalue weighted by Crippen LogP contribution is 2.28. The van der Waals surface area contributed by atoms with Crippen LogP contribution in [0, 0.1) is 6.92 Å². The topological polar surface area (TPSA) is 93.5 Å². The number of carbonyl (C=O) groups excluding carboxylic acids is 2. The maximum Gasteiger partial charge on any atom is 0.254 e. The summed E-state index contributed by atoms with van der Waals surface area (Å²) in [4.78, 5) is 34.8. The third-order valence-electron chi connectivity index (χ3n) is 8.35. The number of fused-ring (bicyclic) bond motifs is 3. The number of thioether (sulfide) groups is 1. The van der Waals surface area contributed by atoms with Gasteiger partial charge in [-0.3, -0.25) is 9.59 Å². The largest absolute Gasteiger partial charge is 0.497 e. The van der Waals surface area contributed by atoms with Crippen LogP contribution in [0.4, 0.5) is 0 Å². The van der Waals surface area contributed by atoms with E-state index < -0.39 is 0 Å². The highest BCUT2D eigenvalue weighted by Gasteiger charge is 2.30. The third kappa shape index (κ3) is 6.81. The summed E-state index contributed by atoms with van der Waals surface area (Å²) in [5, 5.41) is 10.7. The first kappa shape index (κ1) is 30.6. The van der Waals surface area contributed by atoms with Gasteiger partial charge in [-0.15, -0.1) is 10.2 Å². The number of hydrogen-bond donors (Lipinski definition) is 0. The molecule has 45 heavy (non-hydrogen) atoms. The summed E-state index contributed by atoms with van der Waals surface area (Å²) in [7, 11) is 1.59. The van der Waals surface area contributed by atoms with Gasteiger partial charge in [0.1, 0.15) is 11.3 Å². The molecule has 1 saturated heterocycles. The Hall–Kier alpha value is -4.44. The lowest BCUT2D eigenvalue weighted by Crippen LogP contribution is -2.55. The van der Waals surface area contributed by atoms with Crippen molar-refractivity contribution in [2.45, 2.75) is 50.9 Å². The van der Waals surface area contributed by atoms with E-state index in [0.717, 1.165) is 40.7 Å². The molecule has 0 spiro atoms. The highest BCUT2D eigenvalue weighted by molar-refractivity contribution is 7.99. The lowest BCUT2D eigenvalue weighted by Gasteiger charge is -2.40. The van der Waals surface area contributed by atoms with E-state index in [1.165, 1.54) is 11.1 Å². The Labute approximate surface area is 267 Å². The van der Waals surface area contributed by atoms with Gasteiger partial charge in [0.25, 0.3) is 5.91 Å². The smallest absolute Gasteiger partial charge is 0.254 e. The molecule has 1 aliphatic rings. The Morgan fingerprint density at radius 2 is 1.82 bits per heavy atom. The SMILES string of the molecule is COc1cccc(C(=O)N2CCN(C(=O)CCCCSc3nnc4c5ccccc5n(Cc5cccc(C)c5)c4n3)CC2C)c1. The van der Waals surface area contributed by atoms with Crippen LogP contribution in [0.1, 0.15) is 47.7 Å². The maximum absolute atomic E-state index is 13.1. The fraction of sp³-hybridized carbons (Fsp3) is 0.343. The van der Waals surface area contributed by atoms with E-state index in [2.05, 4.69) is 58.1 Å². The molecular weight excluding hydrogens is 584 g/mol. The van der Waals surface area contributed by atoms with E-state index in [1.54, 1.807) is 31.0 Å². The van der Waals surface area contributed by atoms with Gasteiger partial charge in [-0.05, 0) is 56.5 Å². The monoisotopic (exact) mass is 622 g/mol. The molecule has 6 rings (SSSR count). The number of methoxy groups -OCH3 is 1. The predicted octanol–water partition coefficient (Wildman–Crippen LogP) is 5.98. The molecule has 2 aromatic heterocycles. The first-order valence-electron chi connectivity index (χ1n) is 15.4. The summed E-state index contributed by atoms with van der Waals surface area (Å²) in [6.07, 6.45) is 2.14. The molecule has 0 bridgehead atoms. The van der Waals surface area contributed by atoms with E-state index >= 15 is 0 Å². The quantitative estimate of drug-likeness (QED) is 0.140. The van der Waals surface area contributed by atoms with Gasteiger partial charge in [0.2, 0.25) is 11.1 Å². The van der Waals surface area contributed by atoms with Gasteiger partial charge < -0.3 is 19.1 Å². The van der Waals surface area contributed by atoms with Crippen molar-refractivity contribution in [2.24, 2.45) is 0 Å². The van der Waals surface area contributed by atoms with Crippen molar-refractivity contribution in [3.63, 3.8) is 0 Å². The van der Waals surface area contributed by atoms with E-state index in [9.17, 15) is 9.59 Å². The summed E-state index contributed by atoms with van der Waals surface area (Å²) >= 11 is 1.58. The van der Waals surface area contributed by atoms with Crippen LogP contribution < -0.4 is 4.74 Å². The van der Waals surface area contributed by atoms with Crippen LogP contribution in [0.3, 0.4) is 0 Å². The normalized spacial score (nSPS) is 15.1. The fourth-order valence-electron chi connectivity index (χ4n) is 6.01. The zero-order valence-electron chi connectivity index (χ0n) is 26.0. The highest BCUT2D eigenvalue weighted by atomic mass is 32.2. The van der Waals surface area contributed by atoms with Gasteiger partial charge in [-0.2, -0.15) is 0 Å². The molecule has 0 radical (unpaired) electrons. The second-order valence-electron chi connectivity index (χ2n) is 11.6. The predicted molar refractivity (Wildman–Crippen MR) is 178 cm³/mol. The zero-order chi connectivity index (χ0) is 31.3. The van der Waals surface area contributed by atoms with Crippen molar-refractivity contribution in [3.05, 3.63) is 89.5 Å². The second-order valence-corrected chi connectivity index (χ2v) is 12.6. The van der Waals surface area contributed by atoms with Crippen molar-refractivity contribution in [1.82, 2.24) is 29.5 Å². The van der Waals surface area contributed by atoms with Crippen molar-refractivity contribution in [3.8, 4) is 5.75 Å². The molecule has 1 fully saturated rings. The molecular formula is C35H38N6O3S. The van der Waals surface area contributed by atoms with Crippen molar-refractivity contribution in [1.29, 1.82) is 0 Å². The molecule has 10 heteroatoms. The number of nitrogens with zero attached hydrogens (tertiary/aromatic N) is 6. The second kappa shape index (κ2) is 13.7. The molecule has 3 heterocycles. The summed E-state index contributed by atoms with van der Waals surface area (Å²) in [6, 6.07) is 23.9. The van der Waals surface area contributed by atoms with Crippen molar-refractivity contribution >= 4 is 45.6 Å². The minimum absolute atomic E-state index is 0.0315. The van der Waals surface area contributed by atoms with E-state index in [0.29, 0.717) is 49.1 Å². The molecule has 1 aliphatic heterocycles. The number of piperazine rings is 1. The van der Waals surface area contributed by atoms with Crippen molar-refractivity contribution < 1.29 is 14.3 Å². The number of aromatic nitrogens is 4. The van der Waals surface area contributed by atoms with E-state index in [1.807, 2.05) is 41.0 Å². The molecule has 5 aromatic rings. The molecule has 1 unspecified atom stereocenters. The summed E-state index contributed by atoms with van der Waals surface area (Å²) in [5.41, 5.74) is 5.79. The lowest BCUT2D eigenvalue weighted by atomic mass is 10.1. The summed E-state index contributed by atoms with van der Waals surface area (Å²) < 4.78 is 7.49. The van der Waals surface area contributed by atoms with Crippen LogP contribution >= 0.6 is 11.8 Å². The number of unbranched alkanes of at least 4 members (excludes halogenated alkanes) is 1. The number of benzene rings is 3. The Morgan fingerprint density at radius 1 is 0.978 bits per heavy atom. The number of carbonyl (C=O) groups is 2. The minimum Gasteiger partial charge on any atom is -0.497 e. The number of para-hydroxylation sites is 1. The average Bonchev–Trinajstić information content (AvgIpc) is 3.36. The molecule has 1 atom stereocenters. The molecule has 3 aromatic carbocycles. The minimum atomic E-state index is -0.0574. The van der Waals surface area contributed by atoms with Gasteiger partial charge >= 0.3 is 0 Å². The Morgan fingerprint density at radius 3 is 2.64 bits per heavy atom. The van der Waals surface area contributed by atoms with Crippen LogP contribution in [0.5, 0.6) is 5.75 Å². The molecule has 0 N–H and O–H groups in total. The van der Waals surface area contributed by atoms with E-state index in [-0.39, 0.29) is 17.9 Å². The van der Waals surface area contributed by atoms with Crippen LogP contribution in [-0.4, -0.2) is 79.9 Å². The number of amides is 2. The fourth-order valence-corrected chi connectivity index (χ4v) is 6.79. The first-order chi connectivity index (χ1) is 21.9. The van der Waals surface area contributed by atoms with Gasteiger partial charge in [0, 0.05) is 55.3 Å². The maximum atomic E-state index is 13.1. The van der Waals surface area contributed by atoms with Gasteiger partial charge in [0.15, 0.2) is 5.65 Å². The van der Waals surface area contributed by atoms with Crippen LogP contribution in [0.25, 0.3) is 22.1 Å². The Balaban J connectivity index is 1.02. The zero-order valence-corrected chi connectivity index (χ0v) is 26.8. The standard InChI is InChI=1S/C35H38N6O3S/c1-24-10-8-11-26(20-24)23-41-30-15-5-4-14-29(30)32-33(41)36-35(38-37-32)45-19-7-6-16-31(42)39-17-18-40(25(2)22-39)34(43)27-12-9-13-28(21-27)44-3/h4-5,8-15,20-21,25H,6-7,16-19,22-23H2,1-3H3. The molecule has 0 saturated carbocycles. The number of rotatable bonds is 10. The Bertz CT molecular complexity index is 1840. The van der Waals surface area contributed by atoms with Crippen LogP contribution in [-0.2, 0) is 11.3 Å². The average molecular weight is 623 g/mol. The summed E-state index contributed by atoms with van der Waals surface area (Å²) in [5.74, 6) is 1.57. The van der Waals surface area contributed by atoms with E-state index in [4.69, 9.17) is 9.72 Å². The Kier molecular flexibility index (Phi) is 9.30. The number of hydrogen-bond acceptors (Lipinski definition) is 7. The van der Waals surface area contributed by atoms with Crippen molar-refractivity contribution in [2.75, 3.05) is 32.5 Å². The number of ether oxygens (including phenoxy) is 1.